The Bertz CT molecular complexity index is 521. The molecule has 1 aromatic rings. The van der Waals surface area contributed by atoms with Gasteiger partial charge in [-0.05, 0) is 30.5 Å². The third-order valence-corrected chi connectivity index (χ3v) is 3.00. The van der Waals surface area contributed by atoms with Crippen LogP contribution in [0.1, 0.15) is 34.7 Å². The summed E-state index contributed by atoms with van der Waals surface area (Å²) < 4.78 is 36.9. The van der Waals surface area contributed by atoms with Crippen molar-refractivity contribution in [1.82, 2.24) is 0 Å². The molecular weight excluding hydrogens is 305 g/mol. The minimum Gasteiger partial charge on any atom is -0.542 e. The minimum atomic E-state index is -5.19. The number of carbonyl (C=O) groups excluding carboxylic acids is 1. The summed E-state index contributed by atoms with van der Waals surface area (Å²) >= 11 is 0. The van der Waals surface area contributed by atoms with E-state index in [4.69, 9.17) is 19.7 Å². The largest absolute Gasteiger partial charge is 0.542 e. The summed E-state index contributed by atoms with van der Waals surface area (Å²) in [5.74, 6) is -3.51. The number of alkyl halides is 3. The molecular formula is C14H14F3O5-. The zero-order valence-corrected chi connectivity index (χ0v) is 11.4. The van der Waals surface area contributed by atoms with E-state index in [0.717, 1.165) is 25.0 Å². The number of aromatic carboxylic acids is 1. The van der Waals surface area contributed by atoms with Crippen molar-refractivity contribution in [3.05, 3.63) is 35.4 Å². The first-order valence-corrected chi connectivity index (χ1v) is 6.41. The van der Waals surface area contributed by atoms with E-state index in [2.05, 4.69) is 0 Å². The van der Waals surface area contributed by atoms with Crippen LogP contribution in [0.2, 0.25) is 0 Å². The van der Waals surface area contributed by atoms with E-state index in [9.17, 15) is 18.0 Å². The summed E-state index contributed by atoms with van der Waals surface area (Å²) in [6.07, 6.45) is -3.05. The van der Waals surface area contributed by atoms with Crippen LogP contribution in [0.25, 0.3) is 0 Å². The van der Waals surface area contributed by atoms with Gasteiger partial charge in [-0.2, -0.15) is 13.2 Å². The SMILES string of the molecule is O=C(O)c1cccc(C2CCCOC2)c1.O=C([O-])C(F)(F)F. The first kappa shape index (κ1) is 18.0. The molecule has 0 aromatic heterocycles. The Morgan fingerprint density at radius 3 is 2.41 bits per heavy atom. The van der Waals surface area contributed by atoms with Gasteiger partial charge < -0.3 is 19.7 Å². The van der Waals surface area contributed by atoms with Crippen molar-refractivity contribution < 1.29 is 37.7 Å². The Kier molecular flexibility index (Phi) is 6.36. The normalized spacial score (nSPS) is 18.0. The van der Waals surface area contributed by atoms with Crippen molar-refractivity contribution in [3.63, 3.8) is 0 Å². The van der Waals surface area contributed by atoms with Crippen molar-refractivity contribution in [3.8, 4) is 0 Å². The van der Waals surface area contributed by atoms with E-state index in [-0.39, 0.29) is 0 Å². The number of rotatable bonds is 2. The molecule has 122 valence electrons. The summed E-state index contributed by atoms with van der Waals surface area (Å²) in [5.41, 5.74) is 1.44. The van der Waals surface area contributed by atoms with Crippen molar-refractivity contribution in [2.24, 2.45) is 0 Å². The zero-order chi connectivity index (χ0) is 16.8. The summed E-state index contributed by atoms with van der Waals surface area (Å²) in [5, 5.41) is 17.7. The lowest BCUT2D eigenvalue weighted by Crippen LogP contribution is -2.37. The van der Waals surface area contributed by atoms with E-state index in [0.29, 0.717) is 18.1 Å². The van der Waals surface area contributed by atoms with Gasteiger partial charge in [-0.15, -0.1) is 0 Å². The summed E-state index contributed by atoms with van der Waals surface area (Å²) in [6.45, 7) is 1.54. The molecule has 1 aliphatic heterocycles. The van der Waals surface area contributed by atoms with Gasteiger partial charge in [0.15, 0.2) is 0 Å². The van der Waals surface area contributed by atoms with Gasteiger partial charge in [-0.25, -0.2) is 4.79 Å². The van der Waals surface area contributed by atoms with E-state index in [1.165, 1.54) is 0 Å². The number of benzene rings is 1. The third kappa shape index (κ3) is 5.72. The van der Waals surface area contributed by atoms with Crippen LogP contribution in [0.5, 0.6) is 0 Å². The van der Waals surface area contributed by atoms with Gasteiger partial charge in [0.1, 0.15) is 5.97 Å². The highest BCUT2D eigenvalue weighted by Crippen LogP contribution is 2.25. The monoisotopic (exact) mass is 319 g/mol. The van der Waals surface area contributed by atoms with E-state index < -0.39 is 18.1 Å². The van der Waals surface area contributed by atoms with E-state index in [1.54, 1.807) is 18.2 Å². The molecule has 1 aromatic carbocycles. The van der Waals surface area contributed by atoms with Gasteiger partial charge in [-0.1, -0.05) is 12.1 Å². The maximum Gasteiger partial charge on any atom is 0.430 e. The molecule has 5 nitrogen and oxygen atoms in total. The van der Waals surface area contributed by atoms with Crippen LogP contribution in [0.15, 0.2) is 24.3 Å². The van der Waals surface area contributed by atoms with Crippen LogP contribution in [0.4, 0.5) is 13.2 Å². The van der Waals surface area contributed by atoms with Gasteiger partial charge >= 0.3 is 12.1 Å². The lowest BCUT2D eigenvalue weighted by molar-refractivity contribution is -0.344. The standard InChI is InChI=1S/C12H14O3.C2HF3O2/c13-12(14)10-4-1-3-9(7-10)11-5-2-6-15-8-11;3-2(4,5)1(6)7/h1,3-4,7,11H,2,5-6,8H2,(H,13,14);(H,6,7)/p-1. The molecule has 0 amide bonds. The Hall–Kier alpha value is -2.09. The van der Waals surface area contributed by atoms with Crippen LogP contribution >= 0.6 is 0 Å². The molecule has 1 aliphatic rings. The first-order chi connectivity index (χ1) is 10.2. The summed E-state index contributed by atoms with van der Waals surface area (Å²) in [7, 11) is 0. The lowest BCUT2D eigenvalue weighted by atomic mass is 9.92. The van der Waals surface area contributed by atoms with Gasteiger partial charge in [0.25, 0.3) is 0 Å². The maximum absolute atomic E-state index is 10.8. The van der Waals surface area contributed by atoms with Crippen LogP contribution in [0, 0.1) is 0 Å². The molecule has 0 bridgehead atoms. The fraction of sp³-hybridized carbons (Fsp3) is 0.429. The Morgan fingerprint density at radius 1 is 1.32 bits per heavy atom. The number of aliphatic carboxylic acids is 1. The molecule has 8 heteroatoms. The molecule has 0 aliphatic carbocycles. The van der Waals surface area contributed by atoms with Crippen molar-refractivity contribution in [2.75, 3.05) is 13.2 Å². The molecule has 1 heterocycles. The number of ether oxygens (including phenoxy) is 1. The number of hydrogen-bond donors (Lipinski definition) is 1. The molecule has 0 spiro atoms. The second kappa shape index (κ2) is 7.79. The first-order valence-electron chi connectivity index (χ1n) is 6.41. The number of carbonyl (C=O) groups is 2. The van der Waals surface area contributed by atoms with Crippen LogP contribution in [-0.2, 0) is 9.53 Å². The molecule has 1 saturated heterocycles. The topological polar surface area (TPSA) is 86.7 Å². The van der Waals surface area contributed by atoms with Crippen molar-refractivity contribution in [1.29, 1.82) is 0 Å². The highest BCUT2D eigenvalue weighted by molar-refractivity contribution is 5.87. The molecule has 0 radical (unpaired) electrons. The second-order valence-corrected chi connectivity index (χ2v) is 4.63. The molecule has 2 rings (SSSR count). The Balaban J connectivity index is 0.000000295. The molecule has 1 unspecified atom stereocenters. The van der Waals surface area contributed by atoms with Gasteiger partial charge in [-0.3, -0.25) is 0 Å². The summed E-state index contributed by atoms with van der Waals surface area (Å²) in [6, 6.07) is 7.15. The molecule has 0 saturated carbocycles. The number of hydrogen-bond acceptors (Lipinski definition) is 4. The highest BCUT2D eigenvalue weighted by atomic mass is 19.4. The zero-order valence-electron chi connectivity index (χ0n) is 11.4. The maximum atomic E-state index is 10.8. The molecule has 22 heavy (non-hydrogen) atoms. The predicted molar refractivity (Wildman–Crippen MR) is 67.3 cm³/mol. The molecule has 1 N–H and O–H groups in total. The van der Waals surface area contributed by atoms with Crippen LogP contribution < -0.4 is 5.11 Å². The molecule has 1 atom stereocenters. The van der Waals surface area contributed by atoms with Crippen LogP contribution in [0.3, 0.4) is 0 Å². The second-order valence-electron chi connectivity index (χ2n) is 4.63. The van der Waals surface area contributed by atoms with Crippen molar-refractivity contribution >= 4 is 11.9 Å². The average Bonchev–Trinajstić information content (AvgIpc) is 2.48. The third-order valence-electron chi connectivity index (χ3n) is 3.00. The smallest absolute Gasteiger partial charge is 0.430 e. The van der Waals surface area contributed by atoms with Crippen LogP contribution in [-0.4, -0.2) is 36.4 Å². The minimum absolute atomic E-state index is 0.359. The molecule has 1 fully saturated rings. The predicted octanol–water partition coefficient (Wildman–Crippen LogP) is 1.58. The lowest BCUT2D eigenvalue weighted by Gasteiger charge is -2.22. The van der Waals surface area contributed by atoms with E-state index in [1.807, 2.05) is 6.07 Å². The number of carboxylic acids is 2. The van der Waals surface area contributed by atoms with Crippen molar-refractivity contribution in [2.45, 2.75) is 24.9 Å². The van der Waals surface area contributed by atoms with E-state index >= 15 is 0 Å². The van der Waals surface area contributed by atoms with Gasteiger partial charge in [0.2, 0.25) is 0 Å². The summed E-state index contributed by atoms with van der Waals surface area (Å²) in [4.78, 5) is 19.6. The Morgan fingerprint density at radius 2 is 1.95 bits per heavy atom. The highest BCUT2D eigenvalue weighted by Gasteiger charge is 2.28. The fourth-order valence-electron chi connectivity index (χ4n) is 1.93. The van der Waals surface area contributed by atoms with Gasteiger partial charge in [0, 0.05) is 12.5 Å². The fourth-order valence-corrected chi connectivity index (χ4v) is 1.93. The quantitative estimate of drug-likeness (QED) is 0.894. The van der Waals surface area contributed by atoms with Gasteiger partial charge in [0.05, 0.1) is 12.2 Å². The average molecular weight is 319 g/mol. The Labute approximate surface area is 124 Å². The number of halogens is 3. The number of carboxylic acid groups (broad SMARTS) is 2.